The van der Waals surface area contributed by atoms with E-state index < -0.39 is 11.5 Å². The zero-order valence-electron chi connectivity index (χ0n) is 10.1. The average molecular weight is 241 g/mol. The van der Waals surface area contributed by atoms with Crippen molar-refractivity contribution < 1.29 is 9.90 Å². The van der Waals surface area contributed by atoms with Crippen LogP contribution in [0.1, 0.15) is 11.1 Å². The highest BCUT2D eigenvalue weighted by molar-refractivity contribution is 5.89. The minimum Gasteiger partial charge on any atom is -0.372 e. The van der Waals surface area contributed by atoms with Crippen molar-refractivity contribution in [3.8, 4) is 0 Å². The molecule has 0 aliphatic heterocycles. The topological polar surface area (TPSA) is 49.3 Å². The van der Waals surface area contributed by atoms with Crippen LogP contribution < -0.4 is 5.32 Å². The number of rotatable bonds is 3. The Labute approximate surface area is 106 Å². The van der Waals surface area contributed by atoms with Crippen LogP contribution >= 0.6 is 0 Å². The number of likely N-dealkylation sites (N-methyl/N-ethyl adjacent to an activating group) is 1. The van der Waals surface area contributed by atoms with Crippen molar-refractivity contribution in [3.05, 3.63) is 71.8 Å². The van der Waals surface area contributed by atoms with Gasteiger partial charge in [0.2, 0.25) is 0 Å². The van der Waals surface area contributed by atoms with Crippen LogP contribution in [0.25, 0.3) is 0 Å². The molecule has 0 heterocycles. The van der Waals surface area contributed by atoms with Gasteiger partial charge in [0.25, 0.3) is 5.91 Å². The van der Waals surface area contributed by atoms with Crippen molar-refractivity contribution in [2.75, 3.05) is 7.05 Å². The van der Waals surface area contributed by atoms with Crippen LogP contribution in [0.5, 0.6) is 0 Å². The van der Waals surface area contributed by atoms with Gasteiger partial charge in [0, 0.05) is 7.05 Å². The molecule has 18 heavy (non-hydrogen) atoms. The second-order valence-corrected chi connectivity index (χ2v) is 4.02. The molecule has 3 nitrogen and oxygen atoms in total. The Kier molecular flexibility index (Phi) is 3.44. The minimum atomic E-state index is -1.66. The van der Waals surface area contributed by atoms with E-state index in [4.69, 9.17) is 0 Å². The molecule has 92 valence electrons. The quantitative estimate of drug-likeness (QED) is 0.858. The lowest BCUT2D eigenvalue weighted by Crippen LogP contribution is -2.43. The van der Waals surface area contributed by atoms with Crippen molar-refractivity contribution in [1.82, 2.24) is 5.32 Å². The monoisotopic (exact) mass is 241 g/mol. The second-order valence-electron chi connectivity index (χ2n) is 4.02. The van der Waals surface area contributed by atoms with Crippen LogP contribution in [0.2, 0.25) is 0 Å². The first-order valence-corrected chi connectivity index (χ1v) is 5.75. The molecule has 0 saturated carbocycles. The van der Waals surface area contributed by atoms with Gasteiger partial charge in [-0.2, -0.15) is 0 Å². The summed E-state index contributed by atoms with van der Waals surface area (Å²) in [4.78, 5) is 12.1. The predicted octanol–water partition coefficient (Wildman–Crippen LogP) is 1.67. The molecule has 0 aromatic heterocycles. The zero-order chi connectivity index (χ0) is 13.0. The Hall–Kier alpha value is -2.13. The third kappa shape index (κ3) is 2.00. The summed E-state index contributed by atoms with van der Waals surface area (Å²) in [5.41, 5.74) is -0.553. The largest absolute Gasteiger partial charge is 0.372 e. The van der Waals surface area contributed by atoms with E-state index in [0.717, 1.165) is 0 Å². The standard InChI is InChI=1S/C15H15NO2/c1-16-14(17)15(18,12-8-4-2-5-9-12)13-10-6-3-7-11-13/h2-11,18H,1H3,(H,16,17). The van der Waals surface area contributed by atoms with Crippen molar-refractivity contribution in [3.63, 3.8) is 0 Å². The number of aliphatic hydroxyl groups is 1. The van der Waals surface area contributed by atoms with Crippen molar-refractivity contribution in [1.29, 1.82) is 0 Å². The number of carbonyl (C=O) groups excluding carboxylic acids is 1. The summed E-state index contributed by atoms with van der Waals surface area (Å²) in [6.07, 6.45) is 0. The first-order chi connectivity index (χ1) is 8.69. The summed E-state index contributed by atoms with van der Waals surface area (Å²) >= 11 is 0. The first-order valence-electron chi connectivity index (χ1n) is 5.75. The van der Waals surface area contributed by atoms with Crippen LogP contribution in [0.15, 0.2) is 60.7 Å². The van der Waals surface area contributed by atoms with Gasteiger partial charge in [0.1, 0.15) is 0 Å². The number of hydrogen-bond acceptors (Lipinski definition) is 2. The van der Waals surface area contributed by atoms with Gasteiger partial charge in [0.05, 0.1) is 0 Å². The van der Waals surface area contributed by atoms with Crippen LogP contribution in [-0.2, 0) is 10.4 Å². The molecule has 1 amide bonds. The lowest BCUT2D eigenvalue weighted by Gasteiger charge is -2.27. The van der Waals surface area contributed by atoms with E-state index in [2.05, 4.69) is 5.32 Å². The SMILES string of the molecule is CNC(=O)C(O)(c1ccccc1)c1ccccc1. The van der Waals surface area contributed by atoms with E-state index in [-0.39, 0.29) is 0 Å². The Balaban J connectivity index is 2.59. The van der Waals surface area contributed by atoms with E-state index >= 15 is 0 Å². The number of carbonyl (C=O) groups is 1. The van der Waals surface area contributed by atoms with E-state index in [1.165, 1.54) is 7.05 Å². The van der Waals surface area contributed by atoms with Crippen LogP contribution in [0.3, 0.4) is 0 Å². The fourth-order valence-corrected chi connectivity index (χ4v) is 1.97. The Bertz CT molecular complexity index is 483. The summed E-state index contributed by atoms with van der Waals surface area (Å²) in [5.74, 6) is -0.445. The smallest absolute Gasteiger partial charge is 0.261 e. The van der Waals surface area contributed by atoms with E-state index in [1.807, 2.05) is 12.1 Å². The summed E-state index contributed by atoms with van der Waals surface area (Å²) < 4.78 is 0. The van der Waals surface area contributed by atoms with Gasteiger partial charge in [-0.3, -0.25) is 4.79 Å². The summed E-state index contributed by atoms with van der Waals surface area (Å²) in [6.45, 7) is 0. The fourth-order valence-electron chi connectivity index (χ4n) is 1.97. The summed E-state index contributed by atoms with van der Waals surface area (Å²) in [7, 11) is 1.51. The maximum Gasteiger partial charge on any atom is 0.261 e. The van der Waals surface area contributed by atoms with Gasteiger partial charge >= 0.3 is 0 Å². The van der Waals surface area contributed by atoms with E-state index in [9.17, 15) is 9.90 Å². The lowest BCUT2D eigenvalue weighted by molar-refractivity contribution is -0.136. The van der Waals surface area contributed by atoms with Crippen LogP contribution in [0.4, 0.5) is 0 Å². The number of amides is 1. The lowest BCUT2D eigenvalue weighted by atomic mass is 9.85. The van der Waals surface area contributed by atoms with Crippen LogP contribution in [-0.4, -0.2) is 18.1 Å². The Morgan fingerprint density at radius 3 is 1.67 bits per heavy atom. The third-order valence-corrected chi connectivity index (χ3v) is 2.94. The van der Waals surface area contributed by atoms with Gasteiger partial charge in [0.15, 0.2) is 5.60 Å². The average Bonchev–Trinajstić information content (AvgIpc) is 2.47. The molecule has 2 rings (SSSR count). The van der Waals surface area contributed by atoms with Gasteiger partial charge in [-0.15, -0.1) is 0 Å². The van der Waals surface area contributed by atoms with E-state index in [1.54, 1.807) is 48.5 Å². The van der Waals surface area contributed by atoms with Crippen LogP contribution in [0, 0.1) is 0 Å². The zero-order valence-corrected chi connectivity index (χ0v) is 10.1. The molecule has 0 spiro atoms. The molecule has 0 saturated heterocycles. The van der Waals surface area contributed by atoms with Gasteiger partial charge in [-0.25, -0.2) is 0 Å². The highest BCUT2D eigenvalue weighted by Gasteiger charge is 2.38. The molecule has 0 aliphatic carbocycles. The molecule has 0 bridgehead atoms. The molecular formula is C15H15NO2. The molecule has 0 atom stereocenters. The van der Waals surface area contributed by atoms with Crippen molar-refractivity contribution in [2.45, 2.75) is 5.60 Å². The predicted molar refractivity (Wildman–Crippen MR) is 69.9 cm³/mol. The van der Waals surface area contributed by atoms with Gasteiger partial charge < -0.3 is 10.4 Å². The van der Waals surface area contributed by atoms with E-state index in [0.29, 0.717) is 11.1 Å². The van der Waals surface area contributed by atoms with Gasteiger partial charge in [-0.05, 0) is 11.1 Å². The summed E-state index contributed by atoms with van der Waals surface area (Å²) in [5, 5.41) is 13.3. The summed E-state index contributed by atoms with van der Waals surface area (Å²) in [6, 6.07) is 17.8. The van der Waals surface area contributed by atoms with Crippen molar-refractivity contribution >= 4 is 5.91 Å². The minimum absolute atomic E-state index is 0.445. The molecular weight excluding hydrogens is 226 g/mol. The first kappa shape index (κ1) is 12.3. The fraction of sp³-hybridized carbons (Fsp3) is 0.133. The third-order valence-electron chi connectivity index (χ3n) is 2.94. The van der Waals surface area contributed by atoms with Gasteiger partial charge in [-0.1, -0.05) is 60.7 Å². The maximum atomic E-state index is 12.1. The molecule has 3 heteroatoms. The molecule has 2 aromatic rings. The van der Waals surface area contributed by atoms with Crippen molar-refractivity contribution in [2.24, 2.45) is 0 Å². The molecule has 2 aromatic carbocycles. The normalized spacial score (nSPS) is 11.0. The number of benzene rings is 2. The maximum absolute atomic E-state index is 12.1. The highest BCUT2D eigenvalue weighted by Crippen LogP contribution is 2.29. The Morgan fingerprint density at radius 1 is 0.944 bits per heavy atom. The Morgan fingerprint density at radius 2 is 1.33 bits per heavy atom. The molecule has 2 N–H and O–H groups in total. The highest BCUT2D eigenvalue weighted by atomic mass is 16.3. The molecule has 0 unspecified atom stereocenters. The molecule has 0 radical (unpaired) electrons. The molecule has 0 fully saturated rings. The molecule has 0 aliphatic rings. The number of nitrogens with one attached hydrogen (secondary N) is 1. The number of hydrogen-bond donors (Lipinski definition) is 2. The second kappa shape index (κ2) is 5.02.